The van der Waals surface area contributed by atoms with Crippen molar-refractivity contribution in [3.05, 3.63) is 23.8 Å². The van der Waals surface area contributed by atoms with Crippen molar-refractivity contribution in [2.24, 2.45) is 0 Å². The Morgan fingerprint density at radius 1 is 1.30 bits per heavy atom. The van der Waals surface area contributed by atoms with Crippen LogP contribution in [0.5, 0.6) is 11.5 Å². The first-order valence-corrected chi connectivity index (χ1v) is 6.94. The molecule has 0 unspecified atom stereocenters. The fourth-order valence-electron chi connectivity index (χ4n) is 2.50. The fraction of sp³-hybridized carbons (Fsp3) is 0.533. The van der Waals surface area contributed by atoms with E-state index < -0.39 is 0 Å². The van der Waals surface area contributed by atoms with Crippen LogP contribution in [-0.2, 0) is 11.3 Å². The number of hydrogen-bond donors (Lipinski definition) is 1. The van der Waals surface area contributed by atoms with Crippen LogP contribution in [0.25, 0.3) is 0 Å². The highest BCUT2D eigenvalue weighted by Crippen LogP contribution is 2.24. The number of ether oxygens (including phenoxy) is 1. The molecule has 1 saturated heterocycles. The van der Waals surface area contributed by atoms with E-state index in [1.54, 1.807) is 26.2 Å². The van der Waals surface area contributed by atoms with E-state index in [2.05, 4.69) is 4.90 Å². The third-order valence-corrected chi connectivity index (χ3v) is 3.71. The molecule has 5 nitrogen and oxygen atoms in total. The van der Waals surface area contributed by atoms with Gasteiger partial charge in [-0.05, 0) is 24.6 Å². The summed E-state index contributed by atoms with van der Waals surface area (Å²) in [5.74, 6) is 1.17. The summed E-state index contributed by atoms with van der Waals surface area (Å²) in [5.41, 5.74) is 0.862. The largest absolute Gasteiger partial charge is 0.508 e. The predicted octanol–water partition coefficient (Wildman–Crippen LogP) is 1.46. The van der Waals surface area contributed by atoms with E-state index in [0.29, 0.717) is 12.3 Å². The number of carbonyl (C=O) groups excluding carboxylic acids is 1. The molecule has 0 radical (unpaired) electrons. The minimum Gasteiger partial charge on any atom is -0.508 e. The van der Waals surface area contributed by atoms with Crippen molar-refractivity contribution < 1.29 is 14.6 Å². The highest BCUT2D eigenvalue weighted by molar-refractivity contribution is 5.73. The van der Waals surface area contributed by atoms with Crippen molar-refractivity contribution in [1.82, 2.24) is 9.80 Å². The summed E-state index contributed by atoms with van der Waals surface area (Å²) in [6, 6.07) is 5.27. The SMILES string of the molecule is COc1ccc(O)c(CN2CCCN(C(C)=O)CC2)c1. The highest BCUT2D eigenvalue weighted by Gasteiger charge is 2.17. The molecule has 1 aliphatic rings. The van der Waals surface area contributed by atoms with E-state index >= 15 is 0 Å². The van der Waals surface area contributed by atoms with Crippen molar-refractivity contribution in [2.45, 2.75) is 19.9 Å². The van der Waals surface area contributed by atoms with Crippen LogP contribution in [0.15, 0.2) is 18.2 Å². The molecule has 0 spiro atoms. The molecule has 5 heteroatoms. The second-order valence-electron chi connectivity index (χ2n) is 5.13. The summed E-state index contributed by atoms with van der Waals surface area (Å²) in [4.78, 5) is 15.5. The van der Waals surface area contributed by atoms with Crippen LogP contribution in [-0.4, -0.2) is 54.1 Å². The van der Waals surface area contributed by atoms with Gasteiger partial charge in [-0.25, -0.2) is 0 Å². The summed E-state index contributed by atoms with van der Waals surface area (Å²) < 4.78 is 5.19. The average molecular weight is 278 g/mol. The highest BCUT2D eigenvalue weighted by atomic mass is 16.5. The lowest BCUT2D eigenvalue weighted by atomic mass is 10.1. The Morgan fingerprint density at radius 2 is 2.10 bits per heavy atom. The number of rotatable bonds is 3. The molecule has 0 aromatic heterocycles. The number of nitrogens with zero attached hydrogens (tertiary/aromatic N) is 2. The molecule has 0 saturated carbocycles. The molecule has 1 aromatic carbocycles. The van der Waals surface area contributed by atoms with Gasteiger partial charge in [0.2, 0.25) is 5.91 Å². The zero-order chi connectivity index (χ0) is 14.5. The van der Waals surface area contributed by atoms with E-state index in [0.717, 1.165) is 43.9 Å². The number of phenolic OH excluding ortho intramolecular Hbond substituents is 1. The van der Waals surface area contributed by atoms with Gasteiger partial charge in [0.1, 0.15) is 11.5 Å². The Morgan fingerprint density at radius 3 is 2.80 bits per heavy atom. The van der Waals surface area contributed by atoms with Gasteiger partial charge in [0.25, 0.3) is 0 Å². The molecule has 0 atom stereocenters. The van der Waals surface area contributed by atoms with Crippen molar-refractivity contribution in [1.29, 1.82) is 0 Å². The van der Waals surface area contributed by atoms with E-state index in [1.165, 1.54) is 0 Å². The van der Waals surface area contributed by atoms with Crippen LogP contribution in [0.3, 0.4) is 0 Å². The number of aromatic hydroxyl groups is 1. The lowest BCUT2D eigenvalue weighted by Crippen LogP contribution is -2.33. The second kappa shape index (κ2) is 6.61. The first kappa shape index (κ1) is 14.7. The van der Waals surface area contributed by atoms with Gasteiger partial charge in [0.15, 0.2) is 0 Å². The number of amides is 1. The third-order valence-electron chi connectivity index (χ3n) is 3.71. The average Bonchev–Trinajstić information content (AvgIpc) is 2.67. The summed E-state index contributed by atoms with van der Waals surface area (Å²) in [6.45, 7) is 5.62. The zero-order valence-corrected chi connectivity index (χ0v) is 12.1. The second-order valence-corrected chi connectivity index (χ2v) is 5.13. The molecule has 1 heterocycles. The van der Waals surface area contributed by atoms with E-state index in [1.807, 2.05) is 11.0 Å². The zero-order valence-electron chi connectivity index (χ0n) is 12.1. The van der Waals surface area contributed by atoms with E-state index in [9.17, 15) is 9.90 Å². The Labute approximate surface area is 119 Å². The normalized spacial score (nSPS) is 16.8. The molecule has 2 rings (SSSR count). The molecule has 1 N–H and O–H groups in total. The van der Waals surface area contributed by atoms with Gasteiger partial charge >= 0.3 is 0 Å². The van der Waals surface area contributed by atoms with Crippen molar-refractivity contribution in [3.8, 4) is 11.5 Å². The number of methoxy groups -OCH3 is 1. The first-order valence-electron chi connectivity index (χ1n) is 6.94. The Balaban J connectivity index is 2.01. The molecular weight excluding hydrogens is 256 g/mol. The first-order chi connectivity index (χ1) is 9.60. The minimum atomic E-state index is 0.135. The quantitative estimate of drug-likeness (QED) is 0.909. The maximum absolute atomic E-state index is 11.4. The smallest absolute Gasteiger partial charge is 0.219 e. The van der Waals surface area contributed by atoms with Crippen LogP contribution < -0.4 is 4.74 Å². The lowest BCUT2D eigenvalue weighted by molar-refractivity contribution is -0.128. The number of carbonyl (C=O) groups is 1. The van der Waals surface area contributed by atoms with Gasteiger partial charge < -0.3 is 14.7 Å². The van der Waals surface area contributed by atoms with Gasteiger partial charge in [0.05, 0.1) is 7.11 Å². The summed E-state index contributed by atoms with van der Waals surface area (Å²) in [7, 11) is 1.62. The van der Waals surface area contributed by atoms with Crippen LogP contribution in [0.1, 0.15) is 18.9 Å². The van der Waals surface area contributed by atoms with Crippen LogP contribution in [0, 0.1) is 0 Å². The van der Waals surface area contributed by atoms with E-state index in [-0.39, 0.29) is 5.91 Å². The number of phenols is 1. The van der Waals surface area contributed by atoms with Crippen molar-refractivity contribution in [3.63, 3.8) is 0 Å². The van der Waals surface area contributed by atoms with Gasteiger partial charge in [-0.1, -0.05) is 0 Å². The molecule has 20 heavy (non-hydrogen) atoms. The predicted molar refractivity (Wildman–Crippen MR) is 76.8 cm³/mol. The van der Waals surface area contributed by atoms with Gasteiger partial charge in [-0.2, -0.15) is 0 Å². The van der Waals surface area contributed by atoms with Gasteiger partial charge in [0, 0.05) is 45.2 Å². The molecule has 1 aliphatic heterocycles. The topological polar surface area (TPSA) is 53.0 Å². The van der Waals surface area contributed by atoms with Gasteiger partial charge in [-0.3, -0.25) is 9.69 Å². The van der Waals surface area contributed by atoms with Gasteiger partial charge in [-0.15, -0.1) is 0 Å². The maximum Gasteiger partial charge on any atom is 0.219 e. The monoisotopic (exact) mass is 278 g/mol. The number of hydrogen-bond acceptors (Lipinski definition) is 4. The summed E-state index contributed by atoms with van der Waals surface area (Å²) >= 11 is 0. The molecule has 1 amide bonds. The fourth-order valence-corrected chi connectivity index (χ4v) is 2.50. The van der Waals surface area contributed by atoms with Crippen LogP contribution in [0.2, 0.25) is 0 Å². The van der Waals surface area contributed by atoms with Crippen molar-refractivity contribution >= 4 is 5.91 Å². The lowest BCUT2D eigenvalue weighted by Gasteiger charge is -2.21. The van der Waals surface area contributed by atoms with Crippen LogP contribution in [0.4, 0.5) is 0 Å². The molecule has 110 valence electrons. The third kappa shape index (κ3) is 3.63. The minimum absolute atomic E-state index is 0.135. The number of benzene rings is 1. The summed E-state index contributed by atoms with van der Waals surface area (Å²) in [6.07, 6.45) is 0.963. The molecule has 0 bridgehead atoms. The van der Waals surface area contributed by atoms with Crippen molar-refractivity contribution in [2.75, 3.05) is 33.3 Å². The Bertz CT molecular complexity index is 476. The van der Waals surface area contributed by atoms with Crippen LogP contribution >= 0.6 is 0 Å². The van der Waals surface area contributed by atoms with E-state index in [4.69, 9.17) is 4.74 Å². The Hall–Kier alpha value is -1.75. The summed E-state index contributed by atoms with van der Waals surface area (Å²) in [5, 5.41) is 9.92. The standard InChI is InChI=1S/C15H22N2O3/c1-12(18)17-7-3-6-16(8-9-17)11-13-10-14(20-2)4-5-15(13)19/h4-5,10,19H,3,6-9,11H2,1-2H3. The molecular formula is C15H22N2O3. The Kier molecular flexibility index (Phi) is 4.84. The molecule has 1 fully saturated rings. The maximum atomic E-state index is 11.4. The molecule has 1 aromatic rings. The molecule has 0 aliphatic carbocycles.